The summed E-state index contributed by atoms with van der Waals surface area (Å²) in [4.78, 5) is 23.6. The van der Waals surface area contributed by atoms with Gasteiger partial charge in [-0.25, -0.2) is 4.79 Å². The number of ether oxygens (including phenoxy) is 1. The van der Waals surface area contributed by atoms with Gasteiger partial charge in [-0.2, -0.15) is 0 Å². The smallest absolute Gasteiger partial charge is 0.339 e. The molecular formula is C14H19ClN2O3. The number of halogens is 1. The maximum atomic E-state index is 12.0. The van der Waals surface area contributed by atoms with Crippen molar-refractivity contribution in [1.29, 1.82) is 0 Å². The second kappa shape index (κ2) is 7.87. The van der Waals surface area contributed by atoms with Crippen molar-refractivity contribution in [3.63, 3.8) is 0 Å². The molecule has 0 fully saturated rings. The summed E-state index contributed by atoms with van der Waals surface area (Å²) in [5.74, 6) is -0.884. The normalized spacial score (nSPS) is 11.8. The summed E-state index contributed by atoms with van der Waals surface area (Å²) >= 11 is 5.88. The van der Waals surface area contributed by atoms with Gasteiger partial charge >= 0.3 is 5.97 Å². The molecule has 1 atom stereocenters. The molecule has 110 valence electrons. The first-order valence-electron chi connectivity index (χ1n) is 6.44. The van der Waals surface area contributed by atoms with Crippen molar-refractivity contribution in [2.45, 2.75) is 32.2 Å². The predicted molar refractivity (Wildman–Crippen MR) is 78.9 cm³/mol. The van der Waals surface area contributed by atoms with Gasteiger partial charge in [0.05, 0.1) is 24.4 Å². The van der Waals surface area contributed by atoms with Crippen LogP contribution >= 0.6 is 11.6 Å². The number of carbonyl (C=O) groups is 2. The van der Waals surface area contributed by atoms with Crippen molar-refractivity contribution in [3.05, 3.63) is 28.8 Å². The Morgan fingerprint density at radius 1 is 1.45 bits per heavy atom. The second-order valence-electron chi connectivity index (χ2n) is 4.42. The Labute approximate surface area is 123 Å². The number of anilines is 1. The van der Waals surface area contributed by atoms with E-state index in [1.807, 2.05) is 6.92 Å². The summed E-state index contributed by atoms with van der Waals surface area (Å²) in [6.45, 7) is 2.02. The first kappa shape index (κ1) is 16.5. The van der Waals surface area contributed by atoms with Crippen LogP contribution in [0.3, 0.4) is 0 Å². The zero-order valence-corrected chi connectivity index (χ0v) is 12.4. The molecule has 0 heterocycles. The van der Waals surface area contributed by atoms with E-state index < -0.39 is 12.0 Å². The van der Waals surface area contributed by atoms with Crippen LogP contribution in [0.5, 0.6) is 0 Å². The highest BCUT2D eigenvalue weighted by Crippen LogP contribution is 2.22. The third-order valence-electron chi connectivity index (χ3n) is 2.85. The van der Waals surface area contributed by atoms with E-state index in [9.17, 15) is 9.59 Å². The molecule has 0 aliphatic rings. The molecule has 1 aromatic rings. The summed E-state index contributed by atoms with van der Waals surface area (Å²) in [7, 11) is 1.27. The molecule has 0 spiro atoms. The molecule has 1 amide bonds. The number of esters is 1. The van der Waals surface area contributed by atoms with Crippen molar-refractivity contribution in [1.82, 2.24) is 0 Å². The van der Waals surface area contributed by atoms with E-state index in [4.69, 9.17) is 17.3 Å². The summed E-state index contributed by atoms with van der Waals surface area (Å²) in [5.41, 5.74) is 6.34. The van der Waals surface area contributed by atoms with E-state index in [-0.39, 0.29) is 11.5 Å². The lowest BCUT2D eigenvalue weighted by Crippen LogP contribution is -2.35. The molecule has 3 N–H and O–H groups in total. The Morgan fingerprint density at radius 2 is 2.15 bits per heavy atom. The van der Waals surface area contributed by atoms with Crippen LogP contribution in [0.4, 0.5) is 5.69 Å². The number of unbranched alkanes of at least 4 members (excludes halogenated alkanes) is 1. The minimum atomic E-state index is -0.612. The second-order valence-corrected chi connectivity index (χ2v) is 4.86. The molecule has 1 aromatic carbocycles. The van der Waals surface area contributed by atoms with Gasteiger partial charge in [-0.05, 0) is 24.6 Å². The zero-order valence-electron chi connectivity index (χ0n) is 11.6. The number of hydrogen-bond donors (Lipinski definition) is 2. The molecule has 0 aromatic heterocycles. The maximum absolute atomic E-state index is 12.0. The first-order valence-corrected chi connectivity index (χ1v) is 6.81. The van der Waals surface area contributed by atoms with E-state index in [0.29, 0.717) is 17.1 Å². The van der Waals surface area contributed by atoms with E-state index in [1.54, 1.807) is 6.07 Å². The van der Waals surface area contributed by atoms with E-state index in [0.717, 1.165) is 12.8 Å². The van der Waals surface area contributed by atoms with Gasteiger partial charge in [-0.1, -0.05) is 31.4 Å². The van der Waals surface area contributed by atoms with Crippen molar-refractivity contribution in [3.8, 4) is 0 Å². The topological polar surface area (TPSA) is 81.4 Å². The number of carbonyl (C=O) groups excluding carboxylic acids is 2. The lowest BCUT2D eigenvalue weighted by molar-refractivity contribution is -0.117. The summed E-state index contributed by atoms with van der Waals surface area (Å²) < 4.78 is 4.66. The van der Waals surface area contributed by atoms with Gasteiger partial charge in [-0.15, -0.1) is 0 Å². The number of nitrogens with one attached hydrogen (secondary N) is 1. The lowest BCUT2D eigenvalue weighted by atomic mass is 10.1. The fourth-order valence-corrected chi connectivity index (χ4v) is 1.86. The van der Waals surface area contributed by atoms with E-state index in [1.165, 1.54) is 19.2 Å². The molecule has 0 saturated heterocycles. The molecule has 0 radical (unpaired) electrons. The minimum absolute atomic E-state index is 0.243. The van der Waals surface area contributed by atoms with Crippen LogP contribution in [0.1, 0.15) is 36.5 Å². The highest BCUT2D eigenvalue weighted by molar-refractivity contribution is 6.31. The molecule has 0 saturated carbocycles. The van der Waals surface area contributed by atoms with Gasteiger partial charge in [0.15, 0.2) is 0 Å². The van der Waals surface area contributed by atoms with Crippen molar-refractivity contribution in [2.75, 3.05) is 12.4 Å². The highest BCUT2D eigenvalue weighted by atomic mass is 35.5. The standard InChI is InChI=1S/C14H19ClN2O3/c1-3-4-5-11(16)13(18)17-12-8-9(15)6-7-10(12)14(19)20-2/h6-8,11H,3-5,16H2,1-2H3,(H,17,18). The molecule has 6 heteroatoms. The van der Waals surface area contributed by atoms with E-state index >= 15 is 0 Å². The third-order valence-corrected chi connectivity index (χ3v) is 3.09. The van der Waals surface area contributed by atoms with Crippen molar-refractivity contribution in [2.24, 2.45) is 5.73 Å². The average Bonchev–Trinajstić information content (AvgIpc) is 2.44. The molecular weight excluding hydrogens is 280 g/mol. The SMILES string of the molecule is CCCCC(N)C(=O)Nc1cc(Cl)ccc1C(=O)OC. The number of nitrogens with two attached hydrogens (primary N) is 1. The quantitative estimate of drug-likeness (QED) is 0.791. The van der Waals surface area contributed by atoms with Crippen LogP contribution in [0.25, 0.3) is 0 Å². The Hall–Kier alpha value is -1.59. The molecule has 0 bridgehead atoms. The molecule has 20 heavy (non-hydrogen) atoms. The van der Waals surface area contributed by atoms with Crippen LogP contribution in [0.2, 0.25) is 5.02 Å². The fourth-order valence-electron chi connectivity index (χ4n) is 1.69. The fraction of sp³-hybridized carbons (Fsp3) is 0.429. The van der Waals surface area contributed by atoms with Crippen LogP contribution in [0, 0.1) is 0 Å². The molecule has 0 aliphatic carbocycles. The van der Waals surface area contributed by atoms with Crippen LogP contribution in [0.15, 0.2) is 18.2 Å². The van der Waals surface area contributed by atoms with Gasteiger partial charge in [0.2, 0.25) is 5.91 Å². The van der Waals surface area contributed by atoms with Gasteiger partial charge in [-0.3, -0.25) is 4.79 Å². The number of benzene rings is 1. The minimum Gasteiger partial charge on any atom is -0.465 e. The van der Waals surface area contributed by atoms with Gasteiger partial charge < -0.3 is 15.8 Å². The monoisotopic (exact) mass is 298 g/mol. The van der Waals surface area contributed by atoms with Gasteiger partial charge in [0.25, 0.3) is 0 Å². The number of amides is 1. The average molecular weight is 299 g/mol. The number of methoxy groups -OCH3 is 1. The Morgan fingerprint density at radius 3 is 2.75 bits per heavy atom. The molecule has 1 unspecified atom stereocenters. The third kappa shape index (κ3) is 4.51. The number of rotatable bonds is 6. The Kier molecular flexibility index (Phi) is 6.48. The summed E-state index contributed by atoms with van der Waals surface area (Å²) in [5, 5.41) is 3.04. The van der Waals surface area contributed by atoms with Gasteiger partial charge in [0, 0.05) is 5.02 Å². The lowest BCUT2D eigenvalue weighted by Gasteiger charge is -2.14. The zero-order chi connectivity index (χ0) is 15.1. The van der Waals surface area contributed by atoms with Crippen LogP contribution in [-0.2, 0) is 9.53 Å². The predicted octanol–water partition coefficient (Wildman–Crippen LogP) is 2.58. The molecule has 0 aliphatic heterocycles. The van der Waals surface area contributed by atoms with Crippen LogP contribution in [-0.4, -0.2) is 25.0 Å². The highest BCUT2D eigenvalue weighted by Gasteiger charge is 2.18. The Balaban J connectivity index is 2.87. The van der Waals surface area contributed by atoms with Gasteiger partial charge in [0.1, 0.15) is 0 Å². The largest absolute Gasteiger partial charge is 0.465 e. The maximum Gasteiger partial charge on any atom is 0.339 e. The molecule has 1 rings (SSSR count). The number of hydrogen-bond acceptors (Lipinski definition) is 4. The van der Waals surface area contributed by atoms with E-state index in [2.05, 4.69) is 10.1 Å². The van der Waals surface area contributed by atoms with Crippen molar-refractivity contribution < 1.29 is 14.3 Å². The summed E-state index contributed by atoms with van der Waals surface area (Å²) in [6.07, 6.45) is 2.43. The Bertz CT molecular complexity index is 491. The van der Waals surface area contributed by atoms with Crippen LogP contribution < -0.4 is 11.1 Å². The first-order chi connectivity index (χ1) is 9.49. The summed E-state index contributed by atoms with van der Waals surface area (Å²) in [6, 6.07) is 3.94. The van der Waals surface area contributed by atoms with Crippen molar-refractivity contribution >= 4 is 29.2 Å². The molecule has 5 nitrogen and oxygen atoms in total.